The number of phenols is 2. The first-order valence-corrected chi connectivity index (χ1v) is 6.28. The second-order valence-electron chi connectivity index (χ2n) is 3.45. The minimum atomic E-state index is 0.100. The predicted molar refractivity (Wildman–Crippen MR) is 64.6 cm³/mol. The maximum Gasteiger partial charge on any atom is 0.119 e. The summed E-state index contributed by atoms with van der Waals surface area (Å²) in [4.78, 5) is 0. The average Bonchev–Trinajstić information content (AvgIpc) is 2.16. The molecule has 0 aliphatic carbocycles. The number of benzene rings is 1. The first-order valence-electron chi connectivity index (χ1n) is 4.88. The van der Waals surface area contributed by atoms with Crippen LogP contribution in [0.3, 0.4) is 0 Å². The quantitative estimate of drug-likeness (QED) is 0.674. The zero-order valence-electron chi connectivity index (χ0n) is 9.03. The summed E-state index contributed by atoms with van der Waals surface area (Å²) in [6.07, 6.45) is 2.06. The highest BCUT2D eigenvalue weighted by Gasteiger charge is 2.06. The molecule has 1 aromatic rings. The molecule has 15 heavy (non-hydrogen) atoms. The number of rotatable bonds is 5. The van der Waals surface area contributed by atoms with Crippen molar-refractivity contribution in [3.8, 4) is 11.5 Å². The van der Waals surface area contributed by atoms with Gasteiger partial charge in [0.2, 0.25) is 0 Å². The van der Waals surface area contributed by atoms with Crippen LogP contribution in [0.1, 0.15) is 18.5 Å². The Kier molecular flexibility index (Phi) is 4.78. The molecule has 1 rings (SSSR count). The highest BCUT2D eigenvalue weighted by atomic mass is 32.2. The van der Waals surface area contributed by atoms with Crippen molar-refractivity contribution in [2.24, 2.45) is 0 Å². The fourth-order valence-electron chi connectivity index (χ4n) is 1.36. The van der Waals surface area contributed by atoms with E-state index in [1.807, 2.05) is 6.92 Å². The topological polar surface area (TPSA) is 52.5 Å². The second-order valence-corrected chi connectivity index (χ2v) is 4.44. The molecule has 0 aromatic heterocycles. The average molecular weight is 227 g/mol. The molecule has 3 N–H and O–H groups in total. The Morgan fingerprint density at radius 2 is 1.87 bits per heavy atom. The van der Waals surface area contributed by atoms with Gasteiger partial charge in [0, 0.05) is 24.4 Å². The third-order valence-electron chi connectivity index (χ3n) is 2.18. The van der Waals surface area contributed by atoms with E-state index in [2.05, 4.69) is 11.6 Å². The van der Waals surface area contributed by atoms with Crippen LogP contribution in [0.2, 0.25) is 0 Å². The molecule has 0 bridgehead atoms. The monoisotopic (exact) mass is 227 g/mol. The molecule has 3 nitrogen and oxygen atoms in total. The summed E-state index contributed by atoms with van der Waals surface area (Å²) in [5, 5.41) is 22.0. The zero-order chi connectivity index (χ0) is 11.3. The molecule has 0 spiro atoms. The normalized spacial score (nSPS) is 12.7. The lowest BCUT2D eigenvalue weighted by Gasteiger charge is -2.14. The SMILES string of the molecule is CSCCNC(C)c1cc(O)cc(O)c1. The van der Waals surface area contributed by atoms with E-state index in [1.54, 1.807) is 23.9 Å². The number of hydrogen-bond acceptors (Lipinski definition) is 4. The number of nitrogens with one attached hydrogen (secondary N) is 1. The van der Waals surface area contributed by atoms with Crippen molar-refractivity contribution >= 4 is 11.8 Å². The van der Waals surface area contributed by atoms with E-state index in [-0.39, 0.29) is 17.5 Å². The molecule has 0 saturated heterocycles. The van der Waals surface area contributed by atoms with Crippen molar-refractivity contribution < 1.29 is 10.2 Å². The van der Waals surface area contributed by atoms with Crippen molar-refractivity contribution in [2.75, 3.05) is 18.6 Å². The van der Waals surface area contributed by atoms with Crippen molar-refractivity contribution in [1.82, 2.24) is 5.32 Å². The molecule has 1 unspecified atom stereocenters. The third-order valence-corrected chi connectivity index (χ3v) is 2.79. The van der Waals surface area contributed by atoms with Gasteiger partial charge in [0.15, 0.2) is 0 Å². The first kappa shape index (κ1) is 12.2. The van der Waals surface area contributed by atoms with E-state index < -0.39 is 0 Å². The van der Waals surface area contributed by atoms with Gasteiger partial charge in [-0.25, -0.2) is 0 Å². The molecule has 1 aromatic carbocycles. The molecular formula is C11H17NO2S. The van der Waals surface area contributed by atoms with Crippen LogP contribution in [-0.2, 0) is 0 Å². The molecule has 0 fully saturated rings. The van der Waals surface area contributed by atoms with E-state index in [1.165, 1.54) is 6.07 Å². The van der Waals surface area contributed by atoms with Crippen molar-refractivity contribution in [2.45, 2.75) is 13.0 Å². The Morgan fingerprint density at radius 3 is 2.40 bits per heavy atom. The smallest absolute Gasteiger partial charge is 0.119 e. The molecule has 0 aliphatic rings. The Morgan fingerprint density at radius 1 is 1.27 bits per heavy atom. The van der Waals surface area contributed by atoms with E-state index in [4.69, 9.17) is 0 Å². The number of hydrogen-bond donors (Lipinski definition) is 3. The molecule has 84 valence electrons. The van der Waals surface area contributed by atoms with Gasteiger partial charge in [0.05, 0.1) is 0 Å². The van der Waals surface area contributed by atoms with Crippen LogP contribution in [0, 0.1) is 0 Å². The van der Waals surface area contributed by atoms with Gasteiger partial charge in [-0.3, -0.25) is 0 Å². The van der Waals surface area contributed by atoms with Gasteiger partial charge >= 0.3 is 0 Å². The fraction of sp³-hybridized carbons (Fsp3) is 0.455. The van der Waals surface area contributed by atoms with Crippen molar-refractivity contribution in [1.29, 1.82) is 0 Å². The van der Waals surface area contributed by atoms with E-state index in [0.717, 1.165) is 17.9 Å². The van der Waals surface area contributed by atoms with Crippen LogP contribution in [-0.4, -0.2) is 28.8 Å². The summed E-state index contributed by atoms with van der Waals surface area (Å²) < 4.78 is 0. The van der Waals surface area contributed by atoms with Crippen molar-refractivity contribution in [3.05, 3.63) is 23.8 Å². The Hall–Kier alpha value is -0.870. The largest absolute Gasteiger partial charge is 0.508 e. The summed E-state index contributed by atoms with van der Waals surface area (Å²) in [6, 6.07) is 4.79. The van der Waals surface area contributed by atoms with Crippen LogP contribution >= 0.6 is 11.8 Å². The summed E-state index contributed by atoms with van der Waals surface area (Å²) in [6.45, 7) is 2.92. The predicted octanol–water partition coefficient (Wildman–Crippen LogP) is 2.11. The second kappa shape index (κ2) is 5.88. The maximum atomic E-state index is 9.32. The molecule has 4 heteroatoms. The Labute approximate surface area is 94.5 Å². The summed E-state index contributed by atoms with van der Waals surface area (Å²) in [7, 11) is 0. The van der Waals surface area contributed by atoms with Gasteiger partial charge in [-0.1, -0.05) is 0 Å². The van der Waals surface area contributed by atoms with E-state index >= 15 is 0 Å². The molecule has 0 aliphatic heterocycles. The van der Waals surface area contributed by atoms with Gasteiger partial charge in [0.1, 0.15) is 11.5 Å². The van der Waals surface area contributed by atoms with Gasteiger partial charge in [-0.05, 0) is 30.9 Å². The molecule has 0 radical (unpaired) electrons. The zero-order valence-corrected chi connectivity index (χ0v) is 9.84. The highest BCUT2D eigenvalue weighted by molar-refractivity contribution is 7.98. The molecule has 0 saturated carbocycles. The summed E-state index contributed by atoms with van der Waals surface area (Å²) in [5.74, 6) is 1.25. The first-order chi connectivity index (χ1) is 7.13. The lowest BCUT2D eigenvalue weighted by Crippen LogP contribution is -2.21. The molecular weight excluding hydrogens is 210 g/mol. The minimum Gasteiger partial charge on any atom is -0.508 e. The molecule has 0 amide bonds. The van der Waals surface area contributed by atoms with Gasteiger partial charge in [0.25, 0.3) is 0 Å². The summed E-state index contributed by atoms with van der Waals surface area (Å²) in [5.41, 5.74) is 0.897. The van der Waals surface area contributed by atoms with Crippen LogP contribution in [0.15, 0.2) is 18.2 Å². The van der Waals surface area contributed by atoms with Crippen LogP contribution in [0.4, 0.5) is 0 Å². The third kappa shape index (κ3) is 4.01. The Balaban J connectivity index is 2.60. The van der Waals surface area contributed by atoms with Crippen molar-refractivity contribution in [3.63, 3.8) is 0 Å². The van der Waals surface area contributed by atoms with E-state index in [9.17, 15) is 10.2 Å². The molecule has 1 atom stereocenters. The van der Waals surface area contributed by atoms with Crippen LogP contribution in [0.25, 0.3) is 0 Å². The fourth-order valence-corrected chi connectivity index (χ4v) is 1.69. The standard InChI is InChI=1S/C11H17NO2S/c1-8(12-3-4-15-2)9-5-10(13)7-11(14)6-9/h5-8,12-14H,3-4H2,1-2H3. The summed E-state index contributed by atoms with van der Waals surface area (Å²) >= 11 is 1.78. The minimum absolute atomic E-state index is 0.100. The van der Waals surface area contributed by atoms with Crippen LogP contribution in [0.5, 0.6) is 11.5 Å². The van der Waals surface area contributed by atoms with Gasteiger partial charge in [-0.2, -0.15) is 11.8 Å². The van der Waals surface area contributed by atoms with Gasteiger partial charge < -0.3 is 15.5 Å². The number of phenolic OH excluding ortho intramolecular Hbond substituents is 2. The number of aromatic hydroxyl groups is 2. The Bertz CT molecular complexity index is 297. The van der Waals surface area contributed by atoms with Crippen LogP contribution < -0.4 is 5.32 Å². The maximum absolute atomic E-state index is 9.32. The molecule has 0 heterocycles. The van der Waals surface area contributed by atoms with Gasteiger partial charge in [-0.15, -0.1) is 0 Å². The lowest BCUT2D eigenvalue weighted by molar-refractivity contribution is 0.446. The lowest BCUT2D eigenvalue weighted by atomic mass is 10.1. The highest BCUT2D eigenvalue weighted by Crippen LogP contribution is 2.24. The van der Waals surface area contributed by atoms with E-state index in [0.29, 0.717) is 0 Å². The number of thioether (sulfide) groups is 1.